The summed E-state index contributed by atoms with van der Waals surface area (Å²) in [7, 11) is 2.92. The fourth-order valence-electron chi connectivity index (χ4n) is 14.8. The van der Waals surface area contributed by atoms with E-state index in [0.29, 0.717) is 35.7 Å². The van der Waals surface area contributed by atoms with Crippen LogP contribution in [0.5, 0.6) is 5.75 Å². The molecule has 8 rings (SSSR count). The average molecular weight is 872 g/mol. The van der Waals surface area contributed by atoms with Crippen LogP contribution in [0.2, 0.25) is 0 Å². The average Bonchev–Trinajstić information content (AvgIpc) is 3.57. The number of carbonyl (C=O) groups excluding carboxylic acids is 4. The molecule has 14 atom stereocenters. The highest BCUT2D eigenvalue weighted by molar-refractivity contribution is 6.24. The zero-order valence-corrected chi connectivity index (χ0v) is 38.2. The van der Waals surface area contributed by atoms with E-state index in [1.807, 2.05) is 0 Å². The fourth-order valence-corrected chi connectivity index (χ4v) is 14.8. The van der Waals surface area contributed by atoms with Gasteiger partial charge in [0.2, 0.25) is 5.78 Å². The summed E-state index contributed by atoms with van der Waals surface area (Å²) in [5.41, 5.74) is 2.78. The molecule has 7 aliphatic carbocycles. The first-order valence-corrected chi connectivity index (χ1v) is 23.4. The molecule has 0 radical (unpaired) electrons. The lowest BCUT2D eigenvalue weighted by Crippen LogP contribution is -2.70. The Kier molecular flexibility index (Phi) is 11.6. The Balaban J connectivity index is 0.985. The van der Waals surface area contributed by atoms with Gasteiger partial charge < -0.3 is 36.0 Å². The van der Waals surface area contributed by atoms with Gasteiger partial charge in [0, 0.05) is 17.9 Å². The van der Waals surface area contributed by atoms with E-state index in [-0.39, 0.29) is 22.8 Å². The number of nitrogens with zero attached hydrogens (tertiary/aromatic N) is 1. The summed E-state index contributed by atoms with van der Waals surface area (Å²) >= 11 is 0. The molecule has 344 valence electrons. The Labute approximate surface area is 371 Å². The number of anilines is 1. The third-order valence-electron chi connectivity index (χ3n) is 17.9. The number of ether oxygens (including phenoxy) is 1. The van der Waals surface area contributed by atoms with Crippen LogP contribution in [0.15, 0.2) is 40.7 Å². The molecule has 0 heterocycles. The van der Waals surface area contributed by atoms with Gasteiger partial charge in [0.05, 0.1) is 29.3 Å². The number of ketones is 2. The fraction of sp³-hybridized carbons (Fsp3) is 0.680. The van der Waals surface area contributed by atoms with Crippen molar-refractivity contribution in [1.29, 1.82) is 0 Å². The van der Waals surface area contributed by atoms with E-state index >= 15 is 0 Å². The van der Waals surface area contributed by atoms with E-state index < -0.39 is 87.5 Å². The Morgan fingerprint density at radius 3 is 2.38 bits per heavy atom. The number of Topliss-reactive ketones (excluding diaryl/α,β-unsaturated/α-hetero) is 2. The van der Waals surface area contributed by atoms with Gasteiger partial charge >= 0.3 is 6.09 Å². The second-order valence-electron chi connectivity index (χ2n) is 21.7. The number of phenols is 1. The number of carbonyl (C=O) groups is 4. The second-order valence-corrected chi connectivity index (χ2v) is 21.7. The van der Waals surface area contributed by atoms with Gasteiger partial charge in [-0.25, -0.2) is 4.79 Å². The highest BCUT2D eigenvalue weighted by Crippen LogP contribution is 2.67. The zero-order chi connectivity index (χ0) is 45.8. The summed E-state index contributed by atoms with van der Waals surface area (Å²) in [4.78, 5) is 55.1. The quantitative estimate of drug-likeness (QED) is 0.0734. The Hall–Kier alpha value is -4.20. The number of nitrogens with one attached hydrogen (secondary N) is 1. The second kappa shape index (κ2) is 16.0. The molecule has 7 aliphatic rings. The summed E-state index contributed by atoms with van der Waals surface area (Å²) < 4.78 is 6.01. The standard InChI is InChI=1S/C50H69N3O10/c1-23(2)10-9-11-24(3)30-15-16-31-29-13-12-26-22-27(18-20-48(26,5)32(29)19-21-49(30,31)6)63-47(61)52-33-17-14-28-25(4)34-36(41(55)35(28)40(33)54)44(58)50(62)38(42(34)56)39(53(7)8)43(57)37(45(50)59)46(51)60/h12,14,17,23-25,27,29-32,34,38-39,42,54-56,59,62H,9-11,13,15-16,18-22H2,1-8H3,(H2,51,60)(H,52,61)/t24-,25+,27?,29?,30?,31?,32?,34-,38-,39+,42+,48+,49-,50+/m1/s1. The maximum absolute atomic E-state index is 14.4. The maximum atomic E-state index is 14.4. The lowest BCUT2D eigenvalue weighted by molar-refractivity contribution is -0.169. The van der Waals surface area contributed by atoms with Crippen LogP contribution in [0.4, 0.5) is 10.5 Å². The number of aliphatic hydroxyl groups is 4. The van der Waals surface area contributed by atoms with Crippen LogP contribution in [-0.4, -0.2) is 91.9 Å². The minimum absolute atomic E-state index is 0.0592. The van der Waals surface area contributed by atoms with E-state index in [0.717, 1.165) is 36.5 Å². The van der Waals surface area contributed by atoms with Crippen molar-refractivity contribution in [2.24, 2.45) is 63.9 Å². The third kappa shape index (κ3) is 6.79. The molecule has 8 N–H and O–H groups in total. The van der Waals surface area contributed by atoms with Gasteiger partial charge in [-0.15, -0.1) is 0 Å². The molecule has 0 spiro atoms. The summed E-state index contributed by atoms with van der Waals surface area (Å²) in [6.45, 7) is 13.8. The monoisotopic (exact) mass is 871 g/mol. The van der Waals surface area contributed by atoms with Gasteiger partial charge in [0.25, 0.3) is 5.91 Å². The summed E-state index contributed by atoms with van der Waals surface area (Å²) in [6, 6.07) is 1.57. The smallest absolute Gasteiger partial charge is 0.412 e. The van der Waals surface area contributed by atoms with E-state index in [9.17, 15) is 44.7 Å². The van der Waals surface area contributed by atoms with Crippen LogP contribution in [0, 0.1) is 58.2 Å². The zero-order valence-electron chi connectivity index (χ0n) is 38.2. The minimum Gasteiger partial charge on any atom is -0.508 e. The van der Waals surface area contributed by atoms with Crippen LogP contribution in [-0.2, 0) is 19.1 Å². The van der Waals surface area contributed by atoms with Crippen molar-refractivity contribution in [1.82, 2.24) is 4.90 Å². The summed E-state index contributed by atoms with van der Waals surface area (Å²) in [5, 5.41) is 61.2. The molecule has 0 bridgehead atoms. The first kappa shape index (κ1) is 45.4. The van der Waals surface area contributed by atoms with Crippen molar-refractivity contribution in [3.8, 4) is 5.75 Å². The number of primary amides is 1. The summed E-state index contributed by atoms with van der Waals surface area (Å²) in [5.74, 6) is -5.55. The van der Waals surface area contributed by atoms with E-state index in [2.05, 4.69) is 46.0 Å². The number of phenolic OH excluding ortho intramolecular Hbond substituents is 1. The number of hydrogen-bond donors (Lipinski definition) is 7. The first-order valence-electron chi connectivity index (χ1n) is 23.4. The minimum atomic E-state index is -3.02. The normalized spacial score (nSPS) is 38.8. The molecule has 0 saturated heterocycles. The highest BCUT2D eigenvalue weighted by atomic mass is 16.6. The molecule has 0 aromatic heterocycles. The number of fused-ring (bicyclic) bond motifs is 8. The number of allylic oxidation sites excluding steroid dienone is 1. The molecule has 13 heteroatoms. The number of likely N-dealkylation sites (N-methyl/N-ethyl adjacent to an activating group) is 1. The Morgan fingerprint density at radius 1 is 1.00 bits per heavy atom. The largest absolute Gasteiger partial charge is 0.508 e. The van der Waals surface area contributed by atoms with Gasteiger partial charge in [0.15, 0.2) is 11.4 Å². The number of nitrogens with two attached hydrogens (primary N) is 1. The lowest BCUT2D eigenvalue weighted by Gasteiger charge is -2.58. The van der Waals surface area contributed by atoms with Gasteiger partial charge in [-0.2, -0.15) is 0 Å². The van der Waals surface area contributed by atoms with Crippen LogP contribution in [0.1, 0.15) is 129 Å². The van der Waals surface area contributed by atoms with Gasteiger partial charge in [0.1, 0.15) is 28.9 Å². The molecule has 5 unspecified atom stereocenters. The molecular formula is C50H69N3O10. The lowest BCUT2D eigenvalue weighted by atomic mass is 9.47. The number of benzene rings is 1. The van der Waals surface area contributed by atoms with Crippen molar-refractivity contribution in [3.63, 3.8) is 0 Å². The van der Waals surface area contributed by atoms with Crippen molar-refractivity contribution >= 4 is 35.0 Å². The van der Waals surface area contributed by atoms with Crippen LogP contribution in [0.25, 0.3) is 5.76 Å². The number of rotatable bonds is 9. The van der Waals surface area contributed by atoms with Gasteiger partial charge in [-0.1, -0.05) is 78.5 Å². The van der Waals surface area contributed by atoms with E-state index in [1.54, 1.807) is 13.0 Å². The molecule has 2 amide bonds. The highest BCUT2D eigenvalue weighted by Gasteiger charge is 2.68. The van der Waals surface area contributed by atoms with Gasteiger partial charge in [-0.05, 0) is 123 Å². The summed E-state index contributed by atoms with van der Waals surface area (Å²) in [6.07, 6.45) is 12.1. The van der Waals surface area contributed by atoms with Crippen molar-refractivity contribution in [2.45, 2.75) is 142 Å². The predicted molar refractivity (Wildman–Crippen MR) is 237 cm³/mol. The SMILES string of the molecule is CC(C)CCC[C@@H](C)C1CCC2C3CC=C4CC(OC(=O)Nc5ccc6c(c5O)C(O)=C5C(=O)[C@]7(O)C(O)=C(C(N)=O)C(=O)[C@@H](N(C)C)[C@@H]7[C@@H](O)[C@@H]5[C@H]6C)CC[C@]4(C)C3CC[C@@]21C. The third-order valence-corrected chi connectivity index (χ3v) is 17.9. The molecule has 63 heavy (non-hydrogen) atoms. The van der Waals surface area contributed by atoms with Gasteiger partial charge in [-0.3, -0.25) is 24.6 Å². The maximum Gasteiger partial charge on any atom is 0.412 e. The molecule has 1 aromatic carbocycles. The number of amides is 2. The first-order chi connectivity index (χ1) is 29.6. The number of aliphatic hydroxyl groups excluding tert-OH is 3. The number of hydrogen-bond acceptors (Lipinski definition) is 11. The molecule has 4 fully saturated rings. The van der Waals surface area contributed by atoms with Crippen molar-refractivity contribution < 1.29 is 49.4 Å². The molecule has 13 nitrogen and oxygen atoms in total. The van der Waals surface area contributed by atoms with E-state index in [1.165, 1.54) is 75.6 Å². The van der Waals surface area contributed by atoms with Crippen LogP contribution in [0.3, 0.4) is 0 Å². The number of aromatic hydroxyl groups is 1. The Morgan fingerprint density at radius 2 is 1.71 bits per heavy atom. The predicted octanol–water partition coefficient (Wildman–Crippen LogP) is 7.45. The van der Waals surface area contributed by atoms with Crippen LogP contribution < -0.4 is 11.1 Å². The molecule has 4 saturated carbocycles. The topological polar surface area (TPSA) is 220 Å². The van der Waals surface area contributed by atoms with Crippen molar-refractivity contribution in [3.05, 3.63) is 51.8 Å². The molecular weight excluding hydrogens is 803 g/mol. The van der Waals surface area contributed by atoms with Crippen LogP contribution >= 0.6 is 0 Å². The Bertz CT molecular complexity index is 2190. The molecule has 0 aliphatic heterocycles. The van der Waals surface area contributed by atoms with E-state index in [4.69, 9.17) is 10.5 Å². The molecule has 1 aromatic rings. The van der Waals surface area contributed by atoms with Crippen molar-refractivity contribution in [2.75, 3.05) is 19.4 Å².